The Morgan fingerprint density at radius 2 is 1.68 bits per heavy atom. The molecule has 2 aromatic carbocycles. The van der Waals surface area contributed by atoms with E-state index in [9.17, 15) is 14.4 Å². The summed E-state index contributed by atoms with van der Waals surface area (Å²) in [7, 11) is 0. The fourth-order valence-electron chi connectivity index (χ4n) is 2.38. The number of thiophene rings is 1. The Balaban J connectivity index is 1.47. The van der Waals surface area contributed by atoms with Gasteiger partial charge >= 0.3 is 17.8 Å². The molecule has 0 saturated heterocycles. The average Bonchev–Trinajstić information content (AvgIpc) is 3.31. The number of benzene rings is 2. The molecule has 0 aliphatic carbocycles. The van der Waals surface area contributed by atoms with E-state index in [2.05, 4.69) is 15.8 Å². The number of rotatable bonds is 7. The molecule has 158 valence electrons. The highest BCUT2D eigenvalue weighted by atomic mass is 32.1. The zero-order valence-electron chi connectivity index (χ0n) is 16.5. The van der Waals surface area contributed by atoms with Crippen molar-refractivity contribution >= 4 is 41.0 Å². The Hall–Kier alpha value is -3.98. The normalized spacial score (nSPS) is 10.5. The molecule has 3 aromatic rings. The molecule has 0 spiro atoms. The van der Waals surface area contributed by atoms with Gasteiger partial charge in [-0.15, -0.1) is 11.3 Å². The van der Waals surface area contributed by atoms with Gasteiger partial charge in [0.2, 0.25) is 0 Å². The molecule has 1 aromatic heterocycles. The standard InChI is InChI=1S/C22H19N3O5S/c1-2-29-17-11-7-16(8-12-17)24-20(26)21(27)25-23-14-15-5-9-18(10-6-15)30-22(28)19-4-3-13-31-19/h3-14H,2H2,1H3,(H,24,26)(H,25,27)/b23-14-. The molecule has 0 saturated carbocycles. The van der Waals surface area contributed by atoms with Crippen molar-refractivity contribution in [3.63, 3.8) is 0 Å². The van der Waals surface area contributed by atoms with Crippen molar-refractivity contribution in [2.75, 3.05) is 11.9 Å². The van der Waals surface area contributed by atoms with E-state index >= 15 is 0 Å². The van der Waals surface area contributed by atoms with Crippen LogP contribution in [-0.4, -0.2) is 30.6 Å². The molecule has 3 rings (SSSR count). The predicted molar refractivity (Wildman–Crippen MR) is 118 cm³/mol. The topological polar surface area (TPSA) is 106 Å². The van der Waals surface area contributed by atoms with Gasteiger partial charge in [0.15, 0.2) is 0 Å². The van der Waals surface area contributed by atoms with Crippen molar-refractivity contribution in [3.05, 3.63) is 76.5 Å². The molecule has 0 atom stereocenters. The molecule has 2 N–H and O–H groups in total. The van der Waals surface area contributed by atoms with Gasteiger partial charge in [0, 0.05) is 5.69 Å². The van der Waals surface area contributed by atoms with Crippen LogP contribution in [0.4, 0.5) is 5.69 Å². The van der Waals surface area contributed by atoms with Crippen LogP contribution >= 0.6 is 11.3 Å². The number of carbonyl (C=O) groups excluding carboxylic acids is 3. The van der Waals surface area contributed by atoms with Crippen LogP contribution in [0.5, 0.6) is 11.5 Å². The Kier molecular flexibility index (Phi) is 7.50. The second-order valence-electron chi connectivity index (χ2n) is 6.05. The Morgan fingerprint density at radius 3 is 2.32 bits per heavy atom. The van der Waals surface area contributed by atoms with E-state index in [0.717, 1.165) is 0 Å². The number of anilines is 1. The Bertz CT molecular complexity index is 1060. The van der Waals surface area contributed by atoms with Crippen LogP contribution in [0.25, 0.3) is 0 Å². The first-order chi connectivity index (χ1) is 15.0. The molecule has 8 nitrogen and oxygen atoms in total. The first-order valence-corrected chi connectivity index (χ1v) is 10.2. The van der Waals surface area contributed by atoms with E-state index in [1.54, 1.807) is 66.0 Å². The van der Waals surface area contributed by atoms with Crippen LogP contribution in [0, 0.1) is 0 Å². The first-order valence-electron chi connectivity index (χ1n) is 9.28. The van der Waals surface area contributed by atoms with Crippen molar-refractivity contribution < 1.29 is 23.9 Å². The van der Waals surface area contributed by atoms with E-state index in [-0.39, 0.29) is 0 Å². The smallest absolute Gasteiger partial charge is 0.353 e. The number of esters is 1. The third kappa shape index (κ3) is 6.51. The lowest BCUT2D eigenvalue weighted by molar-refractivity contribution is -0.136. The van der Waals surface area contributed by atoms with Gasteiger partial charge in [0.1, 0.15) is 16.4 Å². The first kappa shape index (κ1) is 21.7. The molecular formula is C22H19N3O5S. The average molecular weight is 437 g/mol. The number of nitrogens with zero attached hydrogens (tertiary/aromatic N) is 1. The largest absolute Gasteiger partial charge is 0.494 e. The second kappa shape index (κ2) is 10.7. The van der Waals surface area contributed by atoms with Gasteiger partial charge in [-0.3, -0.25) is 9.59 Å². The Morgan fingerprint density at radius 1 is 0.968 bits per heavy atom. The SMILES string of the molecule is CCOc1ccc(NC(=O)C(=O)N/N=C\c2ccc(OC(=O)c3cccs3)cc2)cc1. The maximum absolute atomic E-state index is 11.9. The summed E-state index contributed by atoms with van der Waals surface area (Å²) in [5.74, 6) is -1.14. The summed E-state index contributed by atoms with van der Waals surface area (Å²) in [5.41, 5.74) is 3.26. The van der Waals surface area contributed by atoms with E-state index in [1.807, 2.05) is 6.92 Å². The molecular weight excluding hydrogens is 418 g/mol. The van der Waals surface area contributed by atoms with Crippen molar-refractivity contribution in [3.8, 4) is 11.5 Å². The third-order valence-corrected chi connectivity index (χ3v) is 4.67. The van der Waals surface area contributed by atoms with E-state index < -0.39 is 17.8 Å². The van der Waals surface area contributed by atoms with Gasteiger partial charge in [-0.05, 0) is 72.5 Å². The van der Waals surface area contributed by atoms with Crippen molar-refractivity contribution in [2.24, 2.45) is 5.10 Å². The zero-order valence-corrected chi connectivity index (χ0v) is 17.3. The van der Waals surface area contributed by atoms with Crippen LogP contribution in [-0.2, 0) is 9.59 Å². The summed E-state index contributed by atoms with van der Waals surface area (Å²) in [6, 6.07) is 16.6. The molecule has 0 aliphatic heterocycles. The minimum Gasteiger partial charge on any atom is -0.494 e. The van der Waals surface area contributed by atoms with E-state index in [0.29, 0.717) is 34.2 Å². The molecule has 0 aliphatic rings. The number of hydrazone groups is 1. The maximum Gasteiger partial charge on any atom is 0.353 e. The van der Waals surface area contributed by atoms with Gasteiger partial charge in [0.25, 0.3) is 0 Å². The van der Waals surface area contributed by atoms with Gasteiger partial charge < -0.3 is 14.8 Å². The number of hydrogen-bond donors (Lipinski definition) is 2. The number of carbonyl (C=O) groups is 3. The molecule has 2 amide bonds. The lowest BCUT2D eigenvalue weighted by Gasteiger charge is -2.06. The Labute approximate surface area is 182 Å². The lowest BCUT2D eigenvalue weighted by atomic mass is 10.2. The van der Waals surface area contributed by atoms with Gasteiger partial charge in [-0.1, -0.05) is 6.07 Å². The quantitative estimate of drug-likeness (QED) is 0.194. The van der Waals surface area contributed by atoms with Gasteiger partial charge in [0.05, 0.1) is 12.8 Å². The summed E-state index contributed by atoms with van der Waals surface area (Å²) >= 11 is 1.30. The summed E-state index contributed by atoms with van der Waals surface area (Å²) < 4.78 is 10.6. The van der Waals surface area contributed by atoms with Crippen LogP contribution < -0.4 is 20.2 Å². The summed E-state index contributed by atoms with van der Waals surface area (Å²) in [6.07, 6.45) is 1.37. The minimum absolute atomic E-state index is 0.384. The van der Waals surface area contributed by atoms with Crippen LogP contribution in [0.2, 0.25) is 0 Å². The van der Waals surface area contributed by atoms with Crippen molar-refractivity contribution in [1.82, 2.24) is 5.43 Å². The monoisotopic (exact) mass is 437 g/mol. The van der Waals surface area contributed by atoms with Crippen molar-refractivity contribution in [1.29, 1.82) is 0 Å². The highest BCUT2D eigenvalue weighted by molar-refractivity contribution is 7.12. The molecule has 1 heterocycles. The zero-order chi connectivity index (χ0) is 22.1. The lowest BCUT2D eigenvalue weighted by Crippen LogP contribution is -2.32. The maximum atomic E-state index is 11.9. The number of nitrogens with one attached hydrogen (secondary N) is 2. The second-order valence-corrected chi connectivity index (χ2v) is 6.99. The number of ether oxygens (including phenoxy) is 2. The minimum atomic E-state index is -0.911. The van der Waals surface area contributed by atoms with Crippen molar-refractivity contribution in [2.45, 2.75) is 6.92 Å². The third-order valence-electron chi connectivity index (χ3n) is 3.82. The fourth-order valence-corrected chi connectivity index (χ4v) is 2.98. The molecule has 0 bridgehead atoms. The van der Waals surface area contributed by atoms with Crippen LogP contribution in [0.3, 0.4) is 0 Å². The number of amides is 2. The predicted octanol–water partition coefficient (Wildman–Crippen LogP) is 3.45. The molecule has 9 heteroatoms. The highest BCUT2D eigenvalue weighted by Gasteiger charge is 2.13. The molecule has 0 radical (unpaired) electrons. The highest BCUT2D eigenvalue weighted by Crippen LogP contribution is 2.17. The van der Waals surface area contributed by atoms with Crippen LogP contribution in [0.1, 0.15) is 22.2 Å². The summed E-state index contributed by atoms with van der Waals surface area (Å²) in [6.45, 7) is 2.41. The molecule has 31 heavy (non-hydrogen) atoms. The van der Waals surface area contributed by atoms with Gasteiger partial charge in [-0.2, -0.15) is 5.10 Å². The summed E-state index contributed by atoms with van der Waals surface area (Å²) in [5, 5.41) is 8.03. The summed E-state index contributed by atoms with van der Waals surface area (Å²) in [4.78, 5) is 36.2. The fraction of sp³-hybridized carbons (Fsp3) is 0.0909. The molecule has 0 fully saturated rings. The van der Waals surface area contributed by atoms with E-state index in [1.165, 1.54) is 17.6 Å². The van der Waals surface area contributed by atoms with Gasteiger partial charge in [-0.25, -0.2) is 10.2 Å². The molecule has 0 unspecified atom stereocenters. The van der Waals surface area contributed by atoms with Crippen LogP contribution in [0.15, 0.2) is 71.1 Å². The van der Waals surface area contributed by atoms with E-state index in [4.69, 9.17) is 9.47 Å². The number of hydrogen-bond acceptors (Lipinski definition) is 7.